The predicted molar refractivity (Wildman–Crippen MR) is 99.0 cm³/mol. The van der Waals surface area contributed by atoms with Crippen molar-refractivity contribution in [1.29, 1.82) is 0 Å². The van der Waals surface area contributed by atoms with E-state index in [2.05, 4.69) is 45.2 Å². The Morgan fingerprint density at radius 3 is 2.62 bits per heavy atom. The van der Waals surface area contributed by atoms with Crippen LogP contribution in [0.5, 0.6) is 5.75 Å². The van der Waals surface area contributed by atoms with Gasteiger partial charge in [0.2, 0.25) is 0 Å². The molecule has 4 rings (SSSR count). The fraction of sp³-hybridized carbons (Fsp3) is 0.381. The molecular weight excluding hydrogens is 326 g/mol. The maximum Gasteiger partial charge on any atom is 0.368 e. The third-order valence-corrected chi connectivity index (χ3v) is 5.14. The molecule has 2 aliphatic rings. The van der Waals surface area contributed by atoms with Crippen molar-refractivity contribution in [2.45, 2.75) is 19.3 Å². The molecule has 1 saturated heterocycles. The highest BCUT2D eigenvalue weighted by atomic mass is 16.5. The molecule has 2 heterocycles. The zero-order valence-corrected chi connectivity index (χ0v) is 14.8. The van der Waals surface area contributed by atoms with Crippen molar-refractivity contribution in [3.05, 3.63) is 64.8 Å². The van der Waals surface area contributed by atoms with Crippen LogP contribution in [-0.2, 0) is 6.42 Å². The van der Waals surface area contributed by atoms with Crippen LogP contribution in [0.15, 0.2) is 58.5 Å². The number of likely N-dealkylation sites (tertiary alicyclic amines) is 1. The number of hydrogen-bond acceptors (Lipinski definition) is 3. The zero-order valence-electron chi connectivity index (χ0n) is 14.8. The lowest BCUT2D eigenvalue weighted by atomic mass is 9.90. The Kier molecular flexibility index (Phi) is 5.07. The Bertz CT molecular complexity index is 887. The van der Waals surface area contributed by atoms with Gasteiger partial charge in [0.25, 0.3) is 0 Å². The van der Waals surface area contributed by atoms with E-state index in [4.69, 9.17) is 4.74 Å². The number of hydrogen-bond donors (Lipinski definition) is 0. The molecule has 26 heavy (non-hydrogen) atoms. The predicted octanol–water partition coefficient (Wildman–Crippen LogP) is 2.39. The van der Waals surface area contributed by atoms with Gasteiger partial charge in [0.05, 0.1) is 5.36 Å². The fourth-order valence-corrected chi connectivity index (χ4v) is 3.70. The van der Waals surface area contributed by atoms with Crippen molar-refractivity contribution in [1.82, 2.24) is 4.90 Å². The first kappa shape index (κ1) is 16.9. The van der Waals surface area contributed by atoms with Crippen LogP contribution in [0.1, 0.15) is 18.4 Å². The van der Waals surface area contributed by atoms with Crippen molar-refractivity contribution < 1.29 is 9.53 Å². The van der Waals surface area contributed by atoms with E-state index in [1.807, 2.05) is 12.1 Å². The molecule has 0 N–H and O–H groups in total. The summed E-state index contributed by atoms with van der Waals surface area (Å²) in [6, 6.07) is 15.8. The second-order valence-electron chi connectivity index (χ2n) is 6.95. The number of piperidine rings is 1. The summed E-state index contributed by atoms with van der Waals surface area (Å²) in [6.07, 6.45) is 3.65. The van der Waals surface area contributed by atoms with E-state index >= 15 is 0 Å². The molecule has 1 fully saturated rings. The lowest BCUT2D eigenvalue weighted by Crippen LogP contribution is -2.37. The normalized spacial score (nSPS) is 17.5. The third-order valence-electron chi connectivity index (χ3n) is 5.14. The average Bonchev–Trinajstić information content (AvgIpc) is 3.05. The first-order valence-corrected chi connectivity index (χ1v) is 9.27. The summed E-state index contributed by atoms with van der Waals surface area (Å²) in [6.45, 7) is 3.73. The summed E-state index contributed by atoms with van der Waals surface area (Å²) in [5, 5.41) is 1.17. The average molecular weight is 349 g/mol. The molecule has 5 nitrogen and oxygen atoms in total. The summed E-state index contributed by atoms with van der Waals surface area (Å²) >= 11 is 0. The lowest BCUT2D eigenvalue weighted by Gasteiger charge is -2.31. The minimum absolute atomic E-state index is 0.448. The minimum Gasteiger partial charge on any atom is -0.490 e. The second-order valence-corrected chi connectivity index (χ2v) is 6.95. The SMILES string of the molecule is O=C1N=c2cccc(OCCN3CCC(Cc4ccccc4)CC3)c2=N1. The van der Waals surface area contributed by atoms with Crippen LogP contribution in [0.3, 0.4) is 0 Å². The molecule has 134 valence electrons. The van der Waals surface area contributed by atoms with E-state index in [-0.39, 0.29) is 0 Å². The molecule has 2 aliphatic heterocycles. The van der Waals surface area contributed by atoms with Crippen molar-refractivity contribution in [3.8, 4) is 5.75 Å². The van der Waals surface area contributed by atoms with Crippen molar-refractivity contribution in [3.63, 3.8) is 0 Å². The monoisotopic (exact) mass is 349 g/mol. The molecular formula is C21H23N3O2. The van der Waals surface area contributed by atoms with E-state index in [0.29, 0.717) is 23.1 Å². The fourth-order valence-electron chi connectivity index (χ4n) is 3.70. The molecule has 0 spiro atoms. The molecule has 0 bridgehead atoms. The van der Waals surface area contributed by atoms with E-state index < -0.39 is 6.03 Å². The highest BCUT2D eigenvalue weighted by molar-refractivity contribution is 5.77. The highest BCUT2D eigenvalue weighted by Crippen LogP contribution is 2.21. The van der Waals surface area contributed by atoms with Crippen LogP contribution >= 0.6 is 0 Å². The number of carbonyl (C=O) groups excluding carboxylic acids is 1. The number of amides is 2. The van der Waals surface area contributed by atoms with Gasteiger partial charge in [0.15, 0.2) is 0 Å². The van der Waals surface area contributed by atoms with Gasteiger partial charge in [-0.25, -0.2) is 4.79 Å². The van der Waals surface area contributed by atoms with Crippen LogP contribution in [0.4, 0.5) is 4.79 Å². The number of nitrogens with zero attached hydrogens (tertiary/aromatic N) is 3. The van der Waals surface area contributed by atoms with Gasteiger partial charge in [-0.05, 0) is 56.0 Å². The van der Waals surface area contributed by atoms with Gasteiger partial charge in [-0.15, -0.1) is 0 Å². The third kappa shape index (κ3) is 3.99. The Balaban J connectivity index is 1.24. The van der Waals surface area contributed by atoms with Crippen LogP contribution in [0.2, 0.25) is 0 Å². The quantitative estimate of drug-likeness (QED) is 0.805. The van der Waals surface area contributed by atoms with Gasteiger partial charge in [-0.2, -0.15) is 9.98 Å². The standard InChI is InChI=1S/C21H23N3O2/c25-21-22-18-7-4-8-19(20(18)23-21)26-14-13-24-11-9-17(10-12-24)15-16-5-2-1-3-6-16/h1-8,17H,9-15H2. The van der Waals surface area contributed by atoms with Crippen molar-refractivity contribution in [2.24, 2.45) is 15.9 Å². The van der Waals surface area contributed by atoms with Crippen LogP contribution in [0, 0.1) is 5.92 Å². The molecule has 0 aliphatic carbocycles. The Hall–Kier alpha value is -2.53. The van der Waals surface area contributed by atoms with Crippen molar-refractivity contribution >= 4 is 6.03 Å². The number of benzene rings is 2. The molecule has 0 atom stereocenters. The van der Waals surface area contributed by atoms with E-state index in [1.54, 1.807) is 6.07 Å². The van der Waals surface area contributed by atoms with E-state index in [0.717, 1.165) is 25.6 Å². The van der Waals surface area contributed by atoms with Crippen molar-refractivity contribution in [2.75, 3.05) is 26.2 Å². The summed E-state index contributed by atoms with van der Waals surface area (Å²) in [4.78, 5) is 21.6. The van der Waals surface area contributed by atoms with Gasteiger partial charge in [0.1, 0.15) is 17.7 Å². The number of carbonyl (C=O) groups is 1. The Morgan fingerprint density at radius 1 is 1.00 bits per heavy atom. The number of para-hydroxylation sites is 1. The summed E-state index contributed by atoms with van der Waals surface area (Å²) < 4.78 is 5.87. The summed E-state index contributed by atoms with van der Waals surface area (Å²) in [7, 11) is 0. The molecule has 2 aromatic rings. The molecule has 5 heteroatoms. The topological polar surface area (TPSA) is 54.3 Å². The molecule has 0 radical (unpaired) electrons. The highest BCUT2D eigenvalue weighted by Gasteiger charge is 2.19. The molecule has 2 amide bonds. The first-order chi connectivity index (χ1) is 12.8. The van der Waals surface area contributed by atoms with Crippen LogP contribution in [-0.4, -0.2) is 37.2 Å². The maximum absolute atomic E-state index is 11.3. The second kappa shape index (κ2) is 7.79. The zero-order chi connectivity index (χ0) is 17.8. The summed E-state index contributed by atoms with van der Waals surface area (Å²) in [5.41, 5.74) is 1.44. The van der Waals surface area contributed by atoms with Gasteiger partial charge >= 0.3 is 6.03 Å². The number of rotatable bonds is 6. The van der Waals surface area contributed by atoms with Gasteiger partial charge in [-0.1, -0.05) is 36.4 Å². The Labute approximate surface area is 153 Å². The van der Waals surface area contributed by atoms with E-state index in [9.17, 15) is 4.79 Å². The Morgan fingerprint density at radius 2 is 1.81 bits per heavy atom. The van der Waals surface area contributed by atoms with Crippen LogP contribution in [0.25, 0.3) is 0 Å². The molecule has 0 aromatic heterocycles. The molecule has 2 aromatic carbocycles. The summed E-state index contributed by atoms with van der Waals surface area (Å²) in [5.74, 6) is 1.43. The van der Waals surface area contributed by atoms with E-state index in [1.165, 1.54) is 24.8 Å². The van der Waals surface area contributed by atoms with Crippen LogP contribution < -0.4 is 15.5 Å². The van der Waals surface area contributed by atoms with Gasteiger partial charge in [0, 0.05) is 6.54 Å². The minimum atomic E-state index is -0.448. The molecule has 0 unspecified atom stereocenters. The number of urea groups is 1. The first-order valence-electron chi connectivity index (χ1n) is 9.27. The molecule has 0 saturated carbocycles. The number of fused-ring (bicyclic) bond motifs is 1. The smallest absolute Gasteiger partial charge is 0.368 e. The van der Waals surface area contributed by atoms with Gasteiger partial charge < -0.3 is 4.74 Å². The number of ether oxygens (including phenoxy) is 1. The van der Waals surface area contributed by atoms with Gasteiger partial charge in [-0.3, -0.25) is 4.90 Å². The maximum atomic E-state index is 11.3. The largest absolute Gasteiger partial charge is 0.490 e. The lowest BCUT2D eigenvalue weighted by molar-refractivity contribution is 0.154.